The lowest BCUT2D eigenvalue weighted by Crippen LogP contribution is -2.18. The molecular formula is C17H14N8OS. The molecule has 10 heteroatoms. The molecule has 9 nitrogen and oxygen atoms in total. The predicted octanol–water partition coefficient (Wildman–Crippen LogP) is 2.44. The van der Waals surface area contributed by atoms with Gasteiger partial charge in [0.2, 0.25) is 0 Å². The molecule has 4 heterocycles. The molecule has 0 unspecified atom stereocenters. The number of thiazole rings is 1. The van der Waals surface area contributed by atoms with Crippen LogP contribution in [0, 0.1) is 13.8 Å². The van der Waals surface area contributed by atoms with Gasteiger partial charge in [-0.05, 0) is 37.6 Å². The molecule has 0 radical (unpaired) electrons. The third-order valence-corrected chi connectivity index (χ3v) is 4.37. The molecule has 134 valence electrons. The Morgan fingerprint density at radius 3 is 2.70 bits per heavy atom. The van der Waals surface area contributed by atoms with E-state index in [4.69, 9.17) is 0 Å². The van der Waals surface area contributed by atoms with Gasteiger partial charge in [-0.1, -0.05) is 5.21 Å². The van der Waals surface area contributed by atoms with E-state index in [2.05, 4.69) is 35.6 Å². The van der Waals surface area contributed by atoms with Crippen LogP contribution < -0.4 is 5.32 Å². The van der Waals surface area contributed by atoms with Gasteiger partial charge in [-0.15, -0.1) is 16.4 Å². The van der Waals surface area contributed by atoms with Crippen molar-refractivity contribution in [3.05, 3.63) is 59.1 Å². The highest BCUT2D eigenvalue weighted by molar-refractivity contribution is 7.14. The molecule has 4 aromatic heterocycles. The summed E-state index contributed by atoms with van der Waals surface area (Å²) in [4.78, 5) is 29.7. The summed E-state index contributed by atoms with van der Waals surface area (Å²) >= 11 is 1.32. The molecule has 0 saturated carbocycles. The van der Waals surface area contributed by atoms with E-state index in [9.17, 15) is 4.79 Å². The van der Waals surface area contributed by atoms with Crippen molar-refractivity contribution >= 4 is 22.4 Å². The SMILES string of the molecule is Cc1cc(C)nc(-c2csc(NC(=O)c3cnnn3-c3ncccn3)n2)c1. The van der Waals surface area contributed by atoms with Crippen LogP contribution in [0.3, 0.4) is 0 Å². The molecule has 4 aromatic rings. The van der Waals surface area contributed by atoms with Crippen molar-refractivity contribution in [1.82, 2.24) is 34.9 Å². The lowest BCUT2D eigenvalue weighted by molar-refractivity contribution is 0.101. The maximum atomic E-state index is 12.6. The van der Waals surface area contributed by atoms with Gasteiger partial charge < -0.3 is 0 Å². The van der Waals surface area contributed by atoms with Gasteiger partial charge in [-0.3, -0.25) is 15.1 Å². The molecule has 0 aliphatic heterocycles. The largest absolute Gasteiger partial charge is 0.296 e. The number of aryl methyl sites for hydroxylation is 2. The first-order chi connectivity index (χ1) is 13.1. The van der Waals surface area contributed by atoms with E-state index < -0.39 is 5.91 Å². The molecule has 0 bridgehead atoms. The van der Waals surface area contributed by atoms with Gasteiger partial charge in [0.1, 0.15) is 5.69 Å². The van der Waals surface area contributed by atoms with Crippen molar-refractivity contribution in [3.63, 3.8) is 0 Å². The molecule has 0 aromatic carbocycles. The van der Waals surface area contributed by atoms with Gasteiger partial charge in [0, 0.05) is 23.5 Å². The fraction of sp³-hybridized carbons (Fsp3) is 0.118. The number of pyridine rings is 1. The average molecular weight is 378 g/mol. The Hall–Kier alpha value is -3.53. The summed E-state index contributed by atoms with van der Waals surface area (Å²) in [5.41, 5.74) is 3.71. The summed E-state index contributed by atoms with van der Waals surface area (Å²) < 4.78 is 1.27. The summed E-state index contributed by atoms with van der Waals surface area (Å²) in [6.45, 7) is 3.94. The van der Waals surface area contributed by atoms with Gasteiger partial charge in [0.15, 0.2) is 10.8 Å². The van der Waals surface area contributed by atoms with Crippen molar-refractivity contribution < 1.29 is 4.79 Å². The topological polar surface area (TPSA) is 111 Å². The molecule has 0 aliphatic rings. The van der Waals surface area contributed by atoms with Crippen molar-refractivity contribution in [2.24, 2.45) is 0 Å². The van der Waals surface area contributed by atoms with Crippen LogP contribution in [0.15, 0.2) is 42.2 Å². The molecular weight excluding hydrogens is 364 g/mol. The normalized spacial score (nSPS) is 10.7. The Labute approximate surface area is 158 Å². The Balaban J connectivity index is 1.57. The number of carbonyl (C=O) groups excluding carboxylic acids is 1. The molecule has 0 atom stereocenters. The van der Waals surface area contributed by atoms with Crippen molar-refractivity contribution in [1.29, 1.82) is 0 Å². The van der Waals surface area contributed by atoms with Crippen molar-refractivity contribution in [2.75, 3.05) is 5.32 Å². The second-order valence-electron chi connectivity index (χ2n) is 5.74. The van der Waals surface area contributed by atoms with Gasteiger partial charge in [-0.2, -0.15) is 4.68 Å². The van der Waals surface area contributed by atoms with Gasteiger partial charge in [0.05, 0.1) is 11.9 Å². The molecule has 27 heavy (non-hydrogen) atoms. The van der Waals surface area contributed by atoms with Crippen LogP contribution in [-0.4, -0.2) is 40.8 Å². The summed E-state index contributed by atoms with van der Waals surface area (Å²) in [6, 6.07) is 5.63. The molecule has 0 saturated heterocycles. The average Bonchev–Trinajstić information content (AvgIpc) is 3.31. The van der Waals surface area contributed by atoms with Crippen LogP contribution in [0.4, 0.5) is 5.13 Å². The number of carbonyl (C=O) groups is 1. The highest BCUT2D eigenvalue weighted by Gasteiger charge is 2.18. The highest BCUT2D eigenvalue weighted by atomic mass is 32.1. The number of nitrogens with zero attached hydrogens (tertiary/aromatic N) is 7. The number of amides is 1. The second kappa shape index (κ2) is 7.00. The number of hydrogen-bond donors (Lipinski definition) is 1. The predicted molar refractivity (Wildman–Crippen MR) is 99.7 cm³/mol. The first-order valence-electron chi connectivity index (χ1n) is 8.01. The Morgan fingerprint density at radius 1 is 1.11 bits per heavy atom. The third-order valence-electron chi connectivity index (χ3n) is 3.61. The van der Waals surface area contributed by atoms with E-state index in [1.165, 1.54) is 22.2 Å². The standard InChI is InChI=1S/C17H14N8OS/c1-10-6-11(2)21-12(7-10)13-9-27-17(22-13)23-15(26)14-8-20-24-25(14)16-18-4-3-5-19-16/h3-9H,1-2H3,(H,22,23,26). The zero-order chi connectivity index (χ0) is 18.8. The first-order valence-corrected chi connectivity index (χ1v) is 8.89. The highest BCUT2D eigenvalue weighted by Crippen LogP contribution is 2.25. The van der Waals surface area contributed by atoms with Gasteiger partial charge in [-0.25, -0.2) is 15.0 Å². The van der Waals surface area contributed by atoms with Crippen LogP contribution >= 0.6 is 11.3 Å². The molecule has 1 amide bonds. The van der Waals surface area contributed by atoms with Crippen molar-refractivity contribution in [2.45, 2.75) is 13.8 Å². The van der Waals surface area contributed by atoms with E-state index in [0.29, 0.717) is 10.8 Å². The maximum Gasteiger partial charge on any atom is 0.277 e. The van der Waals surface area contributed by atoms with Crippen LogP contribution in [0.5, 0.6) is 0 Å². The number of anilines is 1. The fourth-order valence-corrected chi connectivity index (χ4v) is 3.22. The monoisotopic (exact) mass is 378 g/mol. The second-order valence-corrected chi connectivity index (χ2v) is 6.60. The number of aromatic nitrogens is 7. The molecule has 0 fully saturated rings. The van der Waals surface area contributed by atoms with Crippen LogP contribution in [0.2, 0.25) is 0 Å². The van der Waals surface area contributed by atoms with E-state index >= 15 is 0 Å². The summed E-state index contributed by atoms with van der Waals surface area (Å²) in [6.07, 6.45) is 4.48. The quantitative estimate of drug-likeness (QED) is 0.580. The zero-order valence-corrected chi connectivity index (χ0v) is 15.3. The van der Waals surface area contributed by atoms with E-state index in [-0.39, 0.29) is 11.6 Å². The first kappa shape index (κ1) is 16.9. The van der Waals surface area contributed by atoms with E-state index in [0.717, 1.165) is 17.0 Å². The van der Waals surface area contributed by atoms with Gasteiger partial charge in [0.25, 0.3) is 11.9 Å². The fourth-order valence-electron chi connectivity index (χ4n) is 2.52. The number of hydrogen-bond acceptors (Lipinski definition) is 8. The number of nitrogens with one attached hydrogen (secondary N) is 1. The smallest absolute Gasteiger partial charge is 0.277 e. The van der Waals surface area contributed by atoms with E-state index in [1.54, 1.807) is 18.5 Å². The molecule has 0 aliphatic carbocycles. The van der Waals surface area contributed by atoms with Gasteiger partial charge >= 0.3 is 0 Å². The minimum absolute atomic E-state index is 0.211. The van der Waals surface area contributed by atoms with Crippen LogP contribution in [0.25, 0.3) is 17.3 Å². The minimum atomic E-state index is -0.401. The minimum Gasteiger partial charge on any atom is -0.296 e. The maximum absolute atomic E-state index is 12.6. The summed E-state index contributed by atoms with van der Waals surface area (Å²) in [5, 5.41) is 12.7. The Bertz CT molecular complexity index is 1080. The number of rotatable bonds is 4. The zero-order valence-electron chi connectivity index (χ0n) is 14.5. The van der Waals surface area contributed by atoms with E-state index in [1.807, 2.05) is 31.4 Å². The Kier molecular flexibility index (Phi) is 4.38. The summed E-state index contributed by atoms with van der Waals surface area (Å²) in [5.74, 6) is -0.138. The molecule has 0 spiro atoms. The molecule has 4 rings (SSSR count). The lowest BCUT2D eigenvalue weighted by Gasteiger charge is -2.03. The van der Waals surface area contributed by atoms with Crippen LogP contribution in [0.1, 0.15) is 21.7 Å². The lowest BCUT2D eigenvalue weighted by atomic mass is 10.2. The third kappa shape index (κ3) is 3.55. The van der Waals surface area contributed by atoms with Crippen molar-refractivity contribution in [3.8, 4) is 17.3 Å². The molecule has 1 N–H and O–H groups in total. The Morgan fingerprint density at radius 2 is 1.93 bits per heavy atom. The van der Waals surface area contributed by atoms with Crippen LogP contribution in [-0.2, 0) is 0 Å². The summed E-state index contributed by atoms with van der Waals surface area (Å²) in [7, 11) is 0.